The lowest BCUT2D eigenvalue weighted by Gasteiger charge is -2.48. The Hall–Kier alpha value is -1.44. The molecule has 0 amide bonds. The van der Waals surface area contributed by atoms with Crippen molar-refractivity contribution in [2.75, 3.05) is 32.1 Å². The molecule has 1 fully saturated rings. The minimum Gasteiger partial charge on any atom is -0.384 e. The second-order valence-corrected chi connectivity index (χ2v) is 10.1. The molecule has 1 aliphatic rings. The van der Waals surface area contributed by atoms with Crippen molar-refractivity contribution in [1.82, 2.24) is 10.3 Å². The second-order valence-electron chi connectivity index (χ2n) is 9.68. The minimum atomic E-state index is -0.732. The number of hydrogen-bond donors (Lipinski definition) is 2. The molecular weight excluding hydrogens is 450 g/mol. The van der Waals surface area contributed by atoms with Crippen LogP contribution in [0.1, 0.15) is 72.1 Å². The molecule has 0 radical (unpaired) electrons. The summed E-state index contributed by atoms with van der Waals surface area (Å²) < 4.78 is 5.76. The van der Waals surface area contributed by atoms with Crippen LogP contribution in [0.15, 0.2) is 30.5 Å². The molecule has 0 aliphatic carbocycles. The summed E-state index contributed by atoms with van der Waals surface area (Å²) in [4.78, 5) is 16.4. The van der Waals surface area contributed by atoms with Gasteiger partial charge in [-0.05, 0) is 63.4 Å². The summed E-state index contributed by atoms with van der Waals surface area (Å²) in [5.41, 5.74) is 1.79. The first-order valence-electron chi connectivity index (χ1n) is 12.9. The summed E-state index contributed by atoms with van der Waals surface area (Å²) in [6.45, 7) is 9.07. The maximum atomic E-state index is 6.10. The van der Waals surface area contributed by atoms with E-state index in [0.29, 0.717) is 5.02 Å². The second kappa shape index (κ2) is 13.0. The Morgan fingerprint density at radius 2 is 1.85 bits per heavy atom. The molecule has 6 nitrogen and oxygen atoms in total. The van der Waals surface area contributed by atoms with Gasteiger partial charge in [0.05, 0.1) is 5.52 Å². The van der Waals surface area contributed by atoms with Crippen LogP contribution in [0, 0.1) is 5.92 Å². The van der Waals surface area contributed by atoms with Crippen LogP contribution in [0.25, 0.3) is 10.9 Å². The molecule has 34 heavy (non-hydrogen) atoms. The summed E-state index contributed by atoms with van der Waals surface area (Å²) in [5, 5.41) is 8.97. The van der Waals surface area contributed by atoms with Gasteiger partial charge in [0.1, 0.15) is 5.60 Å². The van der Waals surface area contributed by atoms with E-state index in [0.717, 1.165) is 87.6 Å². The van der Waals surface area contributed by atoms with Crippen LogP contribution in [0.3, 0.4) is 0 Å². The van der Waals surface area contributed by atoms with Gasteiger partial charge in [0, 0.05) is 48.4 Å². The Bertz CT molecular complexity index is 889. The Labute approximate surface area is 210 Å². The SMILES string of the molecule is CCCCC1(CCCC)C[C@@H](CNCCCNc2ccnc3cc(Cl)ccc23)[C@@](C)(OC)OO1. The van der Waals surface area contributed by atoms with Crippen LogP contribution >= 0.6 is 11.6 Å². The molecule has 1 aromatic heterocycles. The van der Waals surface area contributed by atoms with Crippen LogP contribution in [0.4, 0.5) is 5.69 Å². The summed E-state index contributed by atoms with van der Waals surface area (Å²) >= 11 is 6.10. The van der Waals surface area contributed by atoms with E-state index >= 15 is 0 Å². The van der Waals surface area contributed by atoms with Crippen molar-refractivity contribution in [3.8, 4) is 0 Å². The minimum absolute atomic E-state index is 0.205. The van der Waals surface area contributed by atoms with E-state index in [1.807, 2.05) is 37.4 Å². The highest BCUT2D eigenvalue weighted by atomic mass is 35.5. The van der Waals surface area contributed by atoms with Gasteiger partial charge in [-0.3, -0.25) is 4.98 Å². The number of methoxy groups -OCH3 is 1. The number of benzene rings is 1. The monoisotopic (exact) mass is 491 g/mol. The van der Waals surface area contributed by atoms with Crippen molar-refractivity contribution in [2.24, 2.45) is 5.92 Å². The van der Waals surface area contributed by atoms with Crippen molar-refractivity contribution >= 4 is 28.2 Å². The highest BCUT2D eigenvalue weighted by Crippen LogP contribution is 2.43. The van der Waals surface area contributed by atoms with Crippen molar-refractivity contribution in [2.45, 2.75) is 83.5 Å². The van der Waals surface area contributed by atoms with E-state index in [9.17, 15) is 0 Å². The van der Waals surface area contributed by atoms with Gasteiger partial charge in [-0.2, -0.15) is 0 Å². The van der Waals surface area contributed by atoms with Gasteiger partial charge in [0.25, 0.3) is 0 Å². The number of anilines is 1. The zero-order chi connectivity index (χ0) is 24.4. The lowest BCUT2D eigenvalue weighted by atomic mass is 9.79. The van der Waals surface area contributed by atoms with Gasteiger partial charge in [-0.15, -0.1) is 0 Å². The smallest absolute Gasteiger partial charge is 0.202 e. The fourth-order valence-electron chi connectivity index (χ4n) is 4.76. The van der Waals surface area contributed by atoms with Crippen LogP contribution in [-0.2, 0) is 14.5 Å². The lowest BCUT2D eigenvalue weighted by Crippen LogP contribution is -2.55. The molecule has 7 heteroatoms. The zero-order valence-electron chi connectivity index (χ0n) is 21.3. The molecule has 0 unspecified atom stereocenters. The van der Waals surface area contributed by atoms with Gasteiger partial charge < -0.3 is 15.4 Å². The third-order valence-electron chi connectivity index (χ3n) is 7.06. The van der Waals surface area contributed by atoms with E-state index < -0.39 is 5.79 Å². The van der Waals surface area contributed by atoms with E-state index in [1.165, 1.54) is 0 Å². The third kappa shape index (κ3) is 7.05. The van der Waals surface area contributed by atoms with E-state index in [4.69, 9.17) is 26.1 Å². The highest BCUT2D eigenvalue weighted by molar-refractivity contribution is 6.31. The number of halogens is 1. The van der Waals surface area contributed by atoms with Gasteiger partial charge in [0.15, 0.2) is 0 Å². The first kappa shape index (κ1) is 27.2. The number of fused-ring (bicyclic) bond motifs is 1. The summed E-state index contributed by atoms with van der Waals surface area (Å²) in [6.07, 6.45) is 10.5. The van der Waals surface area contributed by atoms with Crippen LogP contribution in [0.5, 0.6) is 0 Å². The first-order chi connectivity index (χ1) is 16.4. The third-order valence-corrected chi connectivity index (χ3v) is 7.30. The zero-order valence-corrected chi connectivity index (χ0v) is 22.0. The highest BCUT2D eigenvalue weighted by Gasteiger charge is 2.49. The molecule has 2 heterocycles. The fourth-order valence-corrected chi connectivity index (χ4v) is 4.93. The molecule has 1 aromatic carbocycles. The Balaban J connectivity index is 1.50. The van der Waals surface area contributed by atoms with Crippen LogP contribution in [-0.4, -0.2) is 43.1 Å². The van der Waals surface area contributed by atoms with Gasteiger partial charge in [0.2, 0.25) is 5.79 Å². The standard InChI is InChI=1S/C27H42ClN3O3/c1-5-7-13-27(14-8-6-2)19-21(26(3,32-4)33-34-27)20-29-15-9-16-30-24-12-17-31-25-18-22(28)10-11-23(24)25/h10-12,17-18,21,29H,5-9,13-16,19-20H2,1-4H3,(H,30,31)/t21-,26-/m0/s1. The predicted octanol–water partition coefficient (Wildman–Crippen LogP) is 6.73. The van der Waals surface area contributed by atoms with E-state index in [1.54, 1.807) is 7.11 Å². The molecule has 1 aliphatic heterocycles. The average molecular weight is 492 g/mol. The van der Waals surface area contributed by atoms with Crippen LogP contribution in [0.2, 0.25) is 5.02 Å². The topological polar surface area (TPSA) is 64.6 Å². The molecule has 1 saturated heterocycles. The quantitative estimate of drug-likeness (QED) is 0.225. The summed E-state index contributed by atoms with van der Waals surface area (Å²) in [6, 6.07) is 7.83. The molecular formula is C27H42ClN3O3. The number of unbranched alkanes of at least 4 members (excludes halogenated alkanes) is 2. The van der Waals surface area contributed by atoms with Crippen molar-refractivity contribution in [1.29, 1.82) is 0 Å². The van der Waals surface area contributed by atoms with Crippen molar-refractivity contribution < 1.29 is 14.5 Å². The molecule has 0 bridgehead atoms. The number of ether oxygens (including phenoxy) is 1. The molecule has 2 atom stereocenters. The Kier molecular flexibility index (Phi) is 10.4. The van der Waals surface area contributed by atoms with E-state index in [-0.39, 0.29) is 11.5 Å². The Morgan fingerprint density at radius 3 is 2.56 bits per heavy atom. The summed E-state index contributed by atoms with van der Waals surface area (Å²) in [5.74, 6) is -0.508. The summed E-state index contributed by atoms with van der Waals surface area (Å²) in [7, 11) is 1.71. The number of nitrogens with one attached hydrogen (secondary N) is 2. The fraction of sp³-hybridized carbons (Fsp3) is 0.667. The molecule has 3 rings (SSSR count). The number of aromatic nitrogens is 1. The lowest BCUT2D eigenvalue weighted by molar-refractivity contribution is -0.500. The average Bonchev–Trinajstić information content (AvgIpc) is 2.85. The first-order valence-corrected chi connectivity index (χ1v) is 13.2. The number of rotatable bonds is 14. The number of hydrogen-bond acceptors (Lipinski definition) is 6. The van der Waals surface area contributed by atoms with Gasteiger partial charge >= 0.3 is 0 Å². The van der Waals surface area contributed by atoms with Crippen molar-refractivity contribution in [3.63, 3.8) is 0 Å². The van der Waals surface area contributed by atoms with E-state index in [2.05, 4.69) is 29.5 Å². The number of nitrogens with zero attached hydrogens (tertiary/aromatic N) is 1. The van der Waals surface area contributed by atoms with Crippen LogP contribution < -0.4 is 10.6 Å². The largest absolute Gasteiger partial charge is 0.384 e. The molecule has 190 valence electrons. The molecule has 2 N–H and O–H groups in total. The Morgan fingerprint density at radius 1 is 1.09 bits per heavy atom. The van der Waals surface area contributed by atoms with Gasteiger partial charge in [-0.1, -0.05) is 51.1 Å². The molecule has 0 saturated carbocycles. The normalized spacial score (nSPS) is 22.2. The predicted molar refractivity (Wildman–Crippen MR) is 140 cm³/mol. The van der Waals surface area contributed by atoms with Gasteiger partial charge in [-0.25, -0.2) is 9.78 Å². The molecule has 0 spiro atoms. The van der Waals surface area contributed by atoms with Crippen molar-refractivity contribution in [3.05, 3.63) is 35.5 Å². The number of pyridine rings is 1. The maximum Gasteiger partial charge on any atom is 0.202 e. The molecule has 2 aromatic rings. The maximum absolute atomic E-state index is 6.10.